The molecule has 174 valence electrons. The number of pyridine rings is 2. The van der Waals surface area contributed by atoms with E-state index in [2.05, 4.69) is 20.3 Å². The number of rotatable bonds is 4. The summed E-state index contributed by atoms with van der Waals surface area (Å²) in [6.45, 7) is 3.76. The second-order valence-electron chi connectivity index (χ2n) is 8.44. The van der Waals surface area contributed by atoms with E-state index in [0.717, 1.165) is 11.5 Å². The summed E-state index contributed by atoms with van der Waals surface area (Å²) in [6.07, 6.45) is 3.10. The lowest BCUT2D eigenvalue weighted by Gasteiger charge is -2.40. The fourth-order valence-electron chi connectivity index (χ4n) is 3.70. The van der Waals surface area contributed by atoms with Crippen LogP contribution in [0.4, 0.5) is 20.3 Å². The zero-order valence-corrected chi connectivity index (χ0v) is 19.2. The molecule has 33 heavy (non-hydrogen) atoms. The van der Waals surface area contributed by atoms with Gasteiger partial charge in [-0.1, -0.05) is 0 Å². The van der Waals surface area contributed by atoms with Gasteiger partial charge in [0, 0.05) is 22.8 Å². The predicted octanol–water partition coefficient (Wildman–Crippen LogP) is 3.60. The molecule has 2 atom stereocenters. The number of nitrogens with two attached hydrogens (primary N) is 1. The van der Waals surface area contributed by atoms with Crippen molar-refractivity contribution in [3.8, 4) is 5.75 Å². The average molecular weight is 476 g/mol. The summed E-state index contributed by atoms with van der Waals surface area (Å²) in [5.41, 5.74) is 1.95. The molecule has 1 aromatic carbocycles. The Morgan fingerprint density at radius 2 is 1.88 bits per heavy atom. The monoisotopic (exact) mass is 475 g/mol. The van der Waals surface area contributed by atoms with Gasteiger partial charge in [0.2, 0.25) is 5.50 Å². The molecule has 3 heterocycles. The molecule has 0 fully saturated rings. The van der Waals surface area contributed by atoms with E-state index in [1.54, 1.807) is 18.3 Å². The van der Waals surface area contributed by atoms with E-state index in [-0.39, 0.29) is 11.4 Å². The molecule has 0 bridgehead atoms. The van der Waals surface area contributed by atoms with E-state index < -0.39 is 31.4 Å². The van der Waals surface area contributed by atoms with Crippen LogP contribution in [-0.2, 0) is 15.4 Å². The van der Waals surface area contributed by atoms with Gasteiger partial charge in [-0.2, -0.15) is 0 Å². The first-order chi connectivity index (χ1) is 15.4. The van der Waals surface area contributed by atoms with E-state index >= 15 is 4.39 Å². The number of alkyl halides is 1. The van der Waals surface area contributed by atoms with Gasteiger partial charge in [-0.15, -0.1) is 0 Å². The van der Waals surface area contributed by atoms with E-state index in [9.17, 15) is 12.8 Å². The van der Waals surface area contributed by atoms with Crippen LogP contribution < -0.4 is 15.8 Å². The normalized spacial score (nSPS) is 23.7. The SMILES string of the molecule is COc1cnc2c(Nc3ccc(F)c([C@@]4(C)N=C(N)C(C)(C)S(=O)(=O)C4F)c3)nccc2c1. The lowest BCUT2D eigenvalue weighted by Crippen LogP contribution is -2.58. The molecule has 8 nitrogen and oxygen atoms in total. The van der Waals surface area contributed by atoms with Gasteiger partial charge < -0.3 is 15.8 Å². The van der Waals surface area contributed by atoms with E-state index in [0.29, 0.717) is 22.8 Å². The number of sulfone groups is 1. The molecule has 3 aromatic rings. The van der Waals surface area contributed by atoms with Gasteiger partial charge in [-0.25, -0.2) is 27.2 Å². The van der Waals surface area contributed by atoms with Crippen molar-refractivity contribution in [2.45, 2.75) is 36.6 Å². The van der Waals surface area contributed by atoms with E-state index in [1.165, 1.54) is 46.2 Å². The third-order valence-corrected chi connectivity index (χ3v) is 8.61. The van der Waals surface area contributed by atoms with Crippen LogP contribution in [0.5, 0.6) is 5.75 Å². The summed E-state index contributed by atoms with van der Waals surface area (Å²) in [7, 11) is -2.88. The van der Waals surface area contributed by atoms with Crippen molar-refractivity contribution in [3.63, 3.8) is 0 Å². The van der Waals surface area contributed by atoms with E-state index in [4.69, 9.17) is 10.5 Å². The summed E-state index contributed by atoms with van der Waals surface area (Å²) in [5, 5.41) is 3.79. The Bertz CT molecular complexity index is 1390. The van der Waals surface area contributed by atoms with Crippen LogP contribution in [0, 0.1) is 5.82 Å². The molecule has 0 spiro atoms. The van der Waals surface area contributed by atoms with Crippen molar-refractivity contribution in [2.24, 2.45) is 10.7 Å². The van der Waals surface area contributed by atoms with Crippen molar-refractivity contribution in [2.75, 3.05) is 12.4 Å². The maximum atomic E-state index is 15.4. The van der Waals surface area contributed by atoms with Crippen molar-refractivity contribution in [1.82, 2.24) is 9.97 Å². The molecule has 0 radical (unpaired) electrons. The smallest absolute Gasteiger partial charge is 0.230 e. The molecule has 0 aliphatic carbocycles. The summed E-state index contributed by atoms with van der Waals surface area (Å²) in [5.74, 6) is -0.158. The number of nitrogens with one attached hydrogen (secondary N) is 1. The Morgan fingerprint density at radius 1 is 1.15 bits per heavy atom. The number of aliphatic imine (C=N–C) groups is 1. The fraction of sp³-hybridized carbons (Fsp3) is 0.318. The van der Waals surface area contributed by atoms with Crippen LogP contribution in [-0.4, -0.2) is 41.6 Å². The molecule has 4 rings (SSSR count). The number of methoxy groups -OCH3 is 1. The number of aromatic nitrogens is 2. The highest BCUT2D eigenvalue weighted by molar-refractivity contribution is 7.94. The maximum absolute atomic E-state index is 15.4. The highest BCUT2D eigenvalue weighted by Crippen LogP contribution is 2.44. The van der Waals surface area contributed by atoms with Gasteiger partial charge in [-0.05, 0) is 51.1 Å². The number of ether oxygens (including phenoxy) is 1. The molecule has 1 unspecified atom stereocenters. The maximum Gasteiger partial charge on any atom is 0.230 e. The van der Waals surface area contributed by atoms with Gasteiger partial charge in [-0.3, -0.25) is 4.99 Å². The zero-order chi connectivity index (χ0) is 24.2. The lowest BCUT2D eigenvalue weighted by atomic mass is 9.91. The number of hydrogen-bond donors (Lipinski definition) is 2. The zero-order valence-electron chi connectivity index (χ0n) is 18.4. The van der Waals surface area contributed by atoms with Gasteiger partial charge in [0.1, 0.15) is 33.2 Å². The lowest BCUT2D eigenvalue weighted by molar-refractivity contribution is 0.267. The molecule has 2 aromatic heterocycles. The first kappa shape index (κ1) is 22.8. The predicted molar refractivity (Wildman–Crippen MR) is 123 cm³/mol. The molecule has 0 amide bonds. The Labute approximate surface area is 189 Å². The average Bonchev–Trinajstić information content (AvgIpc) is 2.78. The molecular formula is C22H23F2N5O3S. The van der Waals surface area contributed by atoms with Crippen molar-refractivity contribution >= 4 is 38.1 Å². The first-order valence-electron chi connectivity index (χ1n) is 10.0. The highest BCUT2D eigenvalue weighted by atomic mass is 32.2. The van der Waals surface area contributed by atoms with Crippen LogP contribution in [0.25, 0.3) is 10.9 Å². The van der Waals surface area contributed by atoms with Crippen LogP contribution in [0.1, 0.15) is 26.3 Å². The topological polar surface area (TPSA) is 120 Å². The van der Waals surface area contributed by atoms with Crippen molar-refractivity contribution in [1.29, 1.82) is 0 Å². The molecule has 1 aliphatic rings. The Balaban J connectivity index is 1.80. The number of benzene rings is 1. The number of fused-ring (bicyclic) bond motifs is 1. The summed E-state index contributed by atoms with van der Waals surface area (Å²) in [4.78, 5) is 12.8. The Hall–Kier alpha value is -3.34. The molecular weight excluding hydrogens is 452 g/mol. The molecule has 0 saturated carbocycles. The van der Waals surface area contributed by atoms with Gasteiger partial charge >= 0.3 is 0 Å². The van der Waals surface area contributed by atoms with Gasteiger partial charge in [0.25, 0.3) is 0 Å². The van der Waals surface area contributed by atoms with Crippen molar-refractivity contribution < 1.29 is 21.9 Å². The Morgan fingerprint density at radius 3 is 2.58 bits per heavy atom. The number of halogens is 2. The Kier molecular flexibility index (Phi) is 5.27. The second kappa shape index (κ2) is 7.62. The quantitative estimate of drug-likeness (QED) is 0.592. The summed E-state index contributed by atoms with van der Waals surface area (Å²) in [6, 6.07) is 7.37. The van der Waals surface area contributed by atoms with E-state index in [1.807, 2.05) is 0 Å². The van der Waals surface area contributed by atoms with Crippen LogP contribution in [0.3, 0.4) is 0 Å². The molecule has 1 aliphatic heterocycles. The molecule has 11 heteroatoms. The minimum Gasteiger partial charge on any atom is -0.495 e. The largest absolute Gasteiger partial charge is 0.495 e. The summed E-state index contributed by atoms with van der Waals surface area (Å²) < 4.78 is 59.4. The van der Waals surface area contributed by atoms with Gasteiger partial charge in [0.15, 0.2) is 15.7 Å². The minimum atomic E-state index is -4.41. The van der Waals surface area contributed by atoms with Crippen molar-refractivity contribution in [3.05, 3.63) is 54.1 Å². The third-order valence-electron chi connectivity index (χ3n) is 5.98. The van der Waals surface area contributed by atoms with Crippen LogP contribution in [0.2, 0.25) is 0 Å². The summed E-state index contributed by atoms with van der Waals surface area (Å²) >= 11 is 0. The number of anilines is 2. The fourth-order valence-corrected chi connectivity index (χ4v) is 5.33. The molecule has 3 N–H and O–H groups in total. The molecule has 0 saturated heterocycles. The second-order valence-corrected chi connectivity index (χ2v) is 11.0. The third kappa shape index (κ3) is 3.47. The first-order valence-corrected chi connectivity index (χ1v) is 11.6. The van der Waals surface area contributed by atoms with Crippen LogP contribution >= 0.6 is 0 Å². The number of nitrogens with zero attached hydrogens (tertiary/aromatic N) is 3. The van der Waals surface area contributed by atoms with Gasteiger partial charge in [0.05, 0.1) is 13.3 Å². The minimum absolute atomic E-state index is 0.253. The van der Waals surface area contributed by atoms with Crippen LogP contribution in [0.15, 0.2) is 47.7 Å². The standard InChI is InChI=1S/C22H23F2N5O3S/c1-21(2)20(25)29-22(3,19(24)33(21,30)31)15-10-13(5-6-16(15)23)28-18-17-12(7-8-26-18)9-14(32-4)11-27-17/h5-11,19H,1-4H3,(H2,25,29)(H,26,28)/t19?,22-/m1/s1. The number of amidine groups is 1. The highest BCUT2D eigenvalue weighted by Gasteiger charge is 2.58. The number of hydrogen-bond acceptors (Lipinski definition) is 8.